The van der Waals surface area contributed by atoms with Crippen LogP contribution in [0.3, 0.4) is 0 Å². The van der Waals surface area contributed by atoms with Gasteiger partial charge >= 0.3 is 0 Å². The Kier molecular flexibility index (Phi) is 7.47. The molecule has 31 heavy (non-hydrogen) atoms. The van der Waals surface area contributed by atoms with Gasteiger partial charge in [-0.1, -0.05) is 11.8 Å². The maximum Gasteiger partial charge on any atom is 0.236 e. The molecule has 0 saturated carbocycles. The summed E-state index contributed by atoms with van der Waals surface area (Å²) in [4.78, 5) is 14.6. The van der Waals surface area contributed by atoms with Gasteiger partial charge in [0, 0.05) is 19.6 Å². The Bertz CT molecular complexity index is 1010. The van der Waals surface area contributed by atoms with Gasteiger partial charge in [0.05, 0.1) is 23.9 Å². The van der Waals surface area contributed by atoms with Gasteiger partial charge in [0.15, 0.2) is 20.8 Å². The quantitative estimate of drug-likeness (QED) is 0.514. The number of sulfone groups is 1. The average molecular weight is 469 g/mol. The van der Waals surface area contributed by atoms with Crippen LogP contribution in [0.25, 0.3) is 0 Å². The Labute approximate surface area is 187 Å². The van der Waals surface area contributed by atoms with Gasteiger partial charge in [-0.05, 0) is 44.5 Å². The van der Waals surface area contributed by atoms with Crippen molar-refractivity contribution >= 4 is 27.5 Å². The van der Waals surface area contributed by atoms with Crippen molar-refractivity contribution in [1.82, 2.24) is 19.7 Å². The molecule has 0 spiro atoms. The molecule has 170 valence electrons. The molecule has 2 aromatic rings. The van der Waals surface area contributed by atoms with Crippen LogP contribution in [-0.2, 0) is 28.3 Å². The predicted octanol–water partition coefficient (Wildman–Crippen LogP) is 1.92. The van der Waals surface area contributed by atoms with Crippen molar-refractivity contribution in [2.24, 2.45) is 7.05 Å². The molecule has 1 aromatic carbocycles. The van der Waals surface area contributed by atoms with E-state index in [1.54, 1.807) is 23.5 Å². The molecule has 3 rings (SSSR count). The zero-order valence-corrected chi connectivity index (χ0v) is 19.8. The van der Waals surface area contributed by atoms with E-state index >= 15 is 0 Å². The summed E-state index contributed by atoms with van der Waals surface area (Å²) in [6, 6.07) is 7.01. The van der Waals surface area contributed by atoms with Gasteiger partial charge in [-0.3, -0.25) is 4.79 Å². The number of ether oxygens (including phenoxy) is 2. The van der Waals surface area contributed by atoms with Gasteiger partial charge in [0.2, 0.25) is 5.91 Å². The number of rotatable bonds is 9. The zero-order chi connectivity index (χ0) is 22.6. The van der Waals surface area contributed by atoms with Crippen LogP contribution in [0.15, 0.2) is 29.4 Å². The molecule has 9 nitrogen and oxygen atoms in total. The lowest BCUT2D eigenvalue weighted by Gasteiger charge is -2.29. The number of hydrogen-bond donors (Lipinski definition) is 0. The number of hydrogen-bond acceptors (Lipinski definition) is 8. The SMILES string of the molecule is CCN(C(=O)[C@H](C)Sc1nnc(COc2ccc(OC)cc2)n1C)[C@H]1CCS(=O)(=O)C1. The number of amides is 1. The van der Waals surface area contributed by atoms with Crippen molar-refractivity contribution in [2.45, 2.75) is 43.3 Å². The van der Waals surface area contributed by atoms with Gasteiger partial charge in [-0.15, -0.1) is 10.2 Å². The minimum absolute atomic E-state index is 0.0424. The largest absolute Gasteiger partial charge is 0.497 e. The van der Waals surface area contributed by atoms with Gasteiger partial charge in [-0.25, -0.2) is 8.42 Å². The topological polar surface area (TPSA) is 104 Å². The molecule has 11 heteroatoms. The number of benzene rings is 1. The first-order valence-corrected chi connectivity index (χ1v) is 12.8. The monoisotopic (exact) mass is 468 g/mol. The standard InChI is InChI=1S/C20H28N4O5S2/c1-5-24(15-10-11-31(26,27)13-15)19(25)14(2)30-20-22-21-18(23(20)3)12-29-17-8-6-16(28-4)7-9-17/h6-9,14-15H,5,10-13H2,1-4H3/t14-,15-/m0/s1. The van der Waals surface area contributed by atoms with Crippen LogP contribution < -0.4 is 9.47 Å². The second kappa shape index (κ2) is 9.90. The van der Waals surface area contributed by atoms with E-state index in [4.69, 9.17) is 9.47 Å². The molecular formula is C20H28N4O5S2. The van der Waals surface area contributed by atoms with Crippen molar-refractivity contribution in [1.29, 1.82) is 0 Å². The minimum atomic E-state index is -3.05. The van der Waals surface area contributed by atoms with Crippen LogP contribution in [0, 0.1) is 0 Å². The van der Waals surface area contributed by atoms with Crippen LogP contribution in [-0.4, -0.2) is 70.4 Å². The third-order valence-electron chi connectivity index (χ3n) is 5.26. The minimum Gasteiger partial charge on any atom is -0.497 e. The molecule has 1 fully saturated rings. The third-order valence-corrected chi connectivity index (χ3v) is 8.13. The Morgan fingerprint density at radius 1 is 1.29 bits per heavy atom. The van der Waals surface area contributed by atoms with Crippen LogP contribution >= 0.6 is 11.8 Å². The van der Waals surface area contributed by atoms with Crippen molar-refractivity contribution in [3.8, 4) is 11.5 Å². The van der Waals surface area contributed by atoms with Crippen LogP contribution in [0.5, 0.6) is 11.5 Å². The molecule has 1 aliphatic heterocycles. The smallest absolute Gasteiger partial charge is 0.236 e. The number of methoxy groups -OCH3 is 1. The van der Waals surface area contributed by atoms with E-state index in [1.807, 2.05) is 38.2 Å². The zero-order valence-electron chi connectivity index (χ0n) is 18.1. The fraction of sp³-hybridized carbons (Fsp3) is 0.550. The van der Waals surface area contributed by atoms with Gasteiger partial charge in [-0.2, -0.15) is 0 Å². The van der Waals surface area contributed by atoms with Gasteiger partial charge in [0.1, 0.15) is 18.1 Å². The lowest BCUT2D eigenvalue weighted by molar-refractivity contribution is -0.131. The molecule has 1 aliphatic rings. The predicted molar refractivity (Wildman–Crippen MR) is 118 cm³/mol. The first-order chi connectivity index (χ1) is 14.7. The van der Waals surface area contributed by atoms with Crippen molar-refractivity contribution in [3.05, 3.63) is 30.1 Å². The molecule has 2 heterocycles. The number of carbonyl (C=O) groups is 1. The summed E-state index contributed by atoms with van der Waals surface area (Å²) in [5.74, 6) is 2.16. The van der Waals surface area contributed by atoms with E-state index in [2.05, 4.69) is 10.2 Å². The summed E-state index contributed by atoms with van der Waals surface area (Å²) in [6.45, 7) is 4.39. The molecule has 1 aromatic heterocycles. The summed E-state index contributed by atoms with van der Waals surface area (Å²) in [5, 5.41) is 8.56. The fourth-order valence-corrected chi connectivity index (χ4v) is 6.09. The molecule has 0 radical (unpaired) electrons. The van der Waals surface area contributed by atoms with Gasteiger partial charge in [0.25, 0.3) is 0 Å². The van der Waals surface area contributed by atoms with Crippen molar-refractivity contribution in [2.75, 3.05) is 25.2 Å². The lowest BCUT2D eigenvalue weighted by Crippen LogP contribution is -2.44. The Morgan fingerprint density at radius 2 is 1.97 bits per heavy atom. The molecular weight excluding hydrogens is 440 g/mol. The first kappa shape index (κ1) is 23.4. The molecule has 1 saturated heterocycles. The maximum absolute atomic E-state index is 13.0. The van der Waals surface area contributed by atoms with E-state index in [9.17, 15) is 13.2 Å². The number of thioether (sulfide) groups is 1. The molecule has 0 bridgehead atoms. The van der Waals surface area contributed by atoms with E-state index in [1.165, 1.54) is 11.8 Å². The van der Waals surface area contributed by atoms with Gasteiger partial charge < -0.3 is 18.9 Å². The second-order valence-corrected chi connectivity index (χ2v) is 10.9. The number of nitrogens with zero attached hydrogens (tertiary/aromatic N) is 4. The van der Waals surface area contributed by atoms with Crippen LogP contribution in [0.2, 0.25) is 0 Å². The lowest BCUT2D eigenvalue weighted by atomic mass is 10.2. The summed E-state index contributed by atoms with van der Waals surface area (Å²) in [7, 11) is 0.380. The third kappa shape index (κ3) is 5.70. The van der Waals surface area contributed by atoms with Crippen LogP contribution in [0.4, 0.5) is 0 Å². The molecule has 0 N–H and O–H groups in total. The maximum atomic E-state index is 13.0. The number of aromatic nitrogens is 3. The van der Waals surface area contributed by atoms with E-state index in [0.717, 1.165) is 5.75 Å². The average Bonchev–Trinajstić information content (AvgIpc) is 3.29. The number of carbonyl (C=O) groups excluding carboxylic acids is 1. The highest BCUT2D eigenvalue weighted by Crippen LogP contribution is 2.26. The molecule has 1 amide bonds. The van der Waals surface area contributed by atoms with E-state index in [0.29, 0.717) is 29.7 Å². The highest BCUT2D eigenvalue weighted by Gasteiger charge is 2.35. The Morgan fingerprint density at radius 3 is 2.55 bits per heavy atom. The summed E-state index contributed by atoms with van der Waals surface area (Å²) >= 11 is 1.30. The highest BCUT2D eigenvalue weighted by molar-refractivity contribution is 8.00. The molecule has 0 aliphatic carbocycles. The van der Waals surface area contributed by atoms with Crippen molar-refractivity contribution < 1.29 is 22.7 Å². The van der Waals surface area contributed by atoms with E-state index in [-0.39, 0.29) is 30.1 Å². The summed E-state index contributed by atoms with van der Waals surface area (Å²) in [5.41, 5.74) is 0. The normalized spacial score (nSPS) is 18.5. The van der Waals surface area contributed by atoms with E-state index < -0.39 is 15.1 Å². The second-order valence-electron chi connectivity index (χ2n) is 7.36. The Balaban J connectivity index is 1.60. The van der Waals surface area contributed by atoms with Crippen LogP contribution in [0.1, 0.15) is 26.1 Å². The first-order valence-electron chi connectivity index (χ1n) is 10.1. The van der Waals surface area contributed by atoms with Crippen molar-refractivity contribution in [3.63, 3.8) is 0 Å². The fourth-order valence-electron chi connectivity index (χ4n) is 3.45. The molecule has 2 atom stereocenters. The molecule has 0 unspecified atom stereocenters. The highest BCUT2D eigenvalue weighted by atomic mass is 32.2. The summed E-state index contributed by atoms with van der Waals surface area (Å²) in [6.07, 6.45) is 0.496. The Hall–Kier alpha value is -2.27. The summed E-state index contributed by atoms with van der Waals surface area (Å²) < 4.78 is 36.3.